The largest absolute Gasteiger partial charge is 0.478 e. The fourth-order valence-corrected chi connectivity index (χ4v) is 3.04. The molecular weight excluding hydrogens is 366 g/mol. The normalized spacial score (nSPS) is 10.8. The van der Waals surface area contributed by atoms with Gasteiger partial charge in [0.05, 0.1) is 18.4 Å². The maximum Gasteiger partial charge on any atom is 0.335 e. The number of nitrogens with zero attached hydrogens (tertiary/aromatic N) is 3. The molecule has 0 spiro atoms. The SMILES string of the molecule is COc1nc(C)nc(NC(=O)NS(=O)(=O)Cc2ccccc2C(=O)O)n1. The summed E-state index contributed by atoms with van der Waals surface area (Å²) < 4.78 is 30.8. The van der Waals surface area contributed by atoms with E-state index in [1.54, 1.807) is 4.72 Å². The van der Waals surface area contributed by atoms with Crippen molar-refractivity contribution >= 4 is 28.0 Å². The highest BCUT2D eigenvalue weighted by Gasteiger charge is 2.20. The number of rotatable bonds is 6. The molecule has 1 heterocycles. The third-order valence-corrected chi connectivity index (χ3v) is 4.16. The van der Waals surface area contributed by atoms with Crippen LogP contribution in [0.3, 0.4) is 0 Å². The number of amides is 2. The number of nitrogens with one attached hydrogen (secondary N) is 2. The molecule has 1 aromatic heterocycles. The number of ether oxygens (including phenoxy) is 1. The summed E-state index contributed by atoms with van der Waals surface area (Å²) >= 11 is 0. The lowest BCUT2D eigenvalue weighted by atomic mass is 10.1. The molecular formula is C14H15N5O6S. The molecule has 0 bridgehead atoms. The van der Waals surface area contributed by atoms with Crippen LogP contribution >= 0.6 is 0 Å². The molecule has 2 aromatic rings. The van der Waals surface area contributed by atoms with E-state index in [0.717, 1.165) is 0 Å². The van der Waals surface area contributed by atoms with Crippen molar-refractivity contribution in [1.82, 2.24) is 19.7 Å². The predicted octanol–water partition coefficient (Wildman–Crippen LogP) is 0.538. The number of carbonyl (C=O) groups is 2. The van der Waals surface area contributed by atoms with E-state index >= 15 is 0 Å². The van der Waals surface area contributed by atoms with E-state index in [1.807, 2.05) is 0 Å². The molecule has 1 aromatic carbocycles. The van der Waals surface area contributed by atoms with E-state index in [4.69, 9.17) is 9.84 Å². The summed E-state index contributed by atoms with van der Waals surface area (Å²) in [6.07, 6.45) is 0. The van der Waals surface area contributed by atoms with Gasteiger partial charge in [0.1, 0.15) is 5.82 Å². The van der Waals surface area contributed by atoms with E-state index in [1.165, 1.54) is 38.3 Å². The summed E-state index contributed by atoms with van der Waals surface area (Å²) in [7, 11) is -2.84. The van der Waals surface area contributed by atoms with Crippen LogP contribution < -0.4 is 14.8 Å². The van der Waals surface area contributed by atoms with E-state index in [0.29, 0.717) is 0 Å². The second-order valence-electron chi connectivity index (χ2n) is 4.97. The smallest absolute Gasteiger partial charge is 0.335 e. The first-order valence-corrected chi connectivity index (χ1v) is 8.75. The van der Waals surface area contributed by atoms with Crippen molar-refractivity contribution in [1.29, 1.82) is 0 Å². The van der Waals surface area contributed by atoms with Crippen LogP contribution in [0.2, 0.25) is 0 Å². The van der Waals surface area contributed by atoms with E-state index in [-0.39, 0.29) is 28.9 Å². The molecule has 0 fully saturated rings. The van der Waals surface area contributed by atoms with E-state index < -0.39 is 27.8 Å². The van der Waals surface area contributed by atoms with E-state index in [2.05, 4.69) is 20.3 Å². The lowest BCUT2D eigenvalue weighted by Gasteiger charge is -2.10. The number of hydrogen-bond acceptors (Lipinski definition) is 8. The van der Waals surface area contributed by atoms with Crippen LogP contribution in [0.15, 0.2) is 24.3 Å². The lowest BCUT2D eigenvalue weighted by molar-refractivity contribution is 0.0696. The number of carbonyl (C=O) groups excluding carboxylic acids is 1. The van der Waals surface area contributed by atoms with Crippen LogP contribution in [0.1, 0.15) is 21.7 Å². The quantitative estimate of drug-likeness (QED) is 0.648. The molecule has 0 radical (unpaired) electrons. The highest BCUT2D eigenvalue weighted by atomic mass is 32.2. The molecule has 0 saturated carbocycles. The Morgan fingerprint density at radius 2 is 1.88 bits per heavy atom. The molecule has 0 unspecified atom stereocenters. The Balaban J connectivity index is 2.11. The average Bonchev–Trinajstić information content (AvgIpc) is 2.53. The number of anilines is 1. The van der Waals surface area contributed by atoms with Gasteiger partial charge in [-0.2, -0.15) is 15.0 Å². The zero-order chi connectivity index (χ0) is 19.3. The molecule has 12 heteroatoms. The topological polar surface area (TPSA) is 160 Å². The van der Waals surface area contributed by atoms with Crippen molar-refractivity contribution in [3.63, 3.8) is 0 Å². The van der Waals surface area contributed by atoms with Crippen LogP contribution in [0.25, 0.3) is 0 Å². The molecule has 0 atom stereocenters. The van der Waals surface area contributed by atoms with E-state index in [9.17, 15) is 18.0 Å². The number of hydrogen-bond donors (Lipinski definition) is 3. The molecule has 0 aliphatic rings. The third-order valence-electron chi connectivity index (χ3n) is 2.98. The fourth-order valence-electron chi connectivity index (χ4n) is 1.97. The summed E-state index contributed by atoms with van der Waals surface area (Å²) in [5.41, 5.74) is -0.130. The van der Waals surface area contributed by atoms with Gasteiger partial charge in [0.25, 0.3) is 0 Å². The number of aromatic nitrogens is 3. The zero-order valence-corrected chi connectivity index (χ0v) is 14.6. The Hall–Kier alpha value is -3.28. The number of aryl methyl sites for hydroxylation is 1. The van der Waals surface area contributed by atoms with Gasteiger partial charge in [-0.1, -0.05) is 18.2 Å². The number of methoxy groups -OCH3 is 1. The van der Waals surface area contributed by atoms with Crippen molar-refractivity contribution in [2.24, 2.45) is 0 Å². The van der Waals surface area contributed by atoms with Crippen LogP contribution in [0.4, 0.5) is 10.7 Å². The van der Waals surface area contributed by atoms with Gasteiger partial charge < -0.3 is 9.84 Å². The summed E-state index contributed by atoms with van der Waals surface area (Å²) in [4.78, 5) is 34.4. The maximum atomic E-state index is 12.1. The standard InChI is InChI=1S/C14H15N5O6S/c1-8-15-12(18-14(16-8)25-2)17-13(22)19-26(23,24)7-9-5-3-4-6-10(9)11(20)21/h3-6H,7H2,1-2H3,(H,20,21)(H2,15,16,17,18,19,22). The monoisotopic (exact) mass is 381 g/mol. The number of sulfonamides is 1. The lowest BCUT2D eigenvalue weighted by Crippen LogP contribution is -2.36. The number of carboxylic acids is 1. The minimum absolute atomic E-state index is 0.0398. The third kappa shape index (κ3) is 5.11. The van der Waals surface area contributed by atoms with Gasteiger partial charge in [0, 0.05) is 0 Å². The molecule has 138 valence electrons. The number of aromatic carboxylic acids is 1. The number of carboxylic acid groups (broad SMARTS) is 1. The summed E-state index contributed by atoms with van der Waals surface area (Å²) in [6.45, 7) is 1.53. The molecule has 0 aliphatic carbocycles. The summed E-state index contributed by atoms with van der Waals surface area (Å²) in [5.74, 6) is -1.91. The molecule has 2 rings (SSSR count). The van der Waals surface area contributed by atoms with Crippen LogP contribution in [-0.4, -0.2) is 47.6 Å². The highest BCUT2D eigenvalue weighted by Crippen LogP contribution is 2.12. The van der Waals surface area contributed by atoms with Crippen molar-refractivity contribution in [3.05, 3.63) is 41.2 Å². The zero-order valence-electron chi connectivity index (χ0n) is 13.8. The van der Waals surface area contributed by atoms with Crippen LogP contribution in [-0.2, 0) is 15.8 Å². The molecule has 3 N–H and O–H groups in total. The number of urea groups is 1. The Bertz CT molecular complexity index is 947. The molecule has 26 heavy (non-hydrogen) atoms. The average molecular weight is 381 g/mol. The second-order valence-corrected chi connectivity index (χ2v) is 6.69. The Morgan fingerprint density at radius 1 is 1.19 bits per heavy atom. The summed E-state index contributed by atoms with van der Waals surface area (Å²) in [5, 5.41) is 11.2. The first kappa shape index (κ1) is 19.1. The first-order valence-electron chi connectivity index (χ1n) is 7.09. The van der Waals surface area contributed by atoms with Crippen molar-refractivity contribution in [2.45, 2.75) is 12.7 Å². The Kier molecular flexibility index (Phi) is 5.67. The first-order chi connectivity index (χ1) is 12.2. The molecule has 11 nitrogen and oxygen atoms in total. The van der Waals surface area contributed by atoms with Gasteiger partial charge >= 0.3 is 18.0 Å². The van der Waals surface area contributed by atoms with Gasteiger partial charge in [0.2, 0.25) is 16.0 Å². The Labute approximate surface area is 148 Å². The Morgan fingerprint density at radius 3 is 2.54 bits per heavy atom. The second kappa shape index (κ2) is 7.74. The van der Waals surface area contributed by atoms with Crippen molar-refractivity contribution in [2.75, 3.05) is 12.4 Å². The van der Waals surface area contributed by atoms with Crippen molar-refractivity contribution < 1.29 is 27.9 Å². The van der Waals surface area contributed by atoms with Gasteiger partial charge in [-0.3, -0.25) is 5.32 Å². The molecule has 0 saturated heterocycles. The van der Waals surface area contributed by atoms with Crippen LogP contribution in [0, 0.1) is 6.92 Å². The van der Waals surface area contributed by atoms with Gasteiger partial charge in [-0.15, -0.1) is 0 Å². The highest BCUT2D eigenvalue weighted by molar-refractivity contribution is 7.89. The minimum atomic E-state index is -4.16. The van der Waals surface area contributed by atoms with Gasteiger partial charge in [0.15, 0.2) is 0 Å². The minimum Gasteiger partial charge on any atom is -0.478 e. The van der Waals surface area contributed by atoms with Crippen molar-refractivity contribution in [3.8, 4) is 6.01 Å². The van der Waals surface area contributed by atoms with Gasteiger partial charge in [-0.05, 0) is 18.6 Å². The van der Waals surface area contributed by atoms with Gasteiger partial charge in [-0.25, -0.2) is 22.7 Å². The predicted molar refractivity (Wildman–Crippen MR) is 89.3 cm³/mol. The fraction of sp³-hybridized carbons (Fsp3) is 0.214. The molecule has 2 amide bonds. The summed E-state index contributed by atoms with van der Waals surface area (Å²) in [6, 6.07) is 4.43. The maximum absolute atomic E-state index is 12.1. The molecule has 0 aliphatic heterocycles. The van der Waals surface area contributed by atoms with Crippen LogP contribution in [0.5, 0.6) is 6.01 Å². The number of benzene rings is 1.